The van der Waals surface area contributed by atoms with E-state index < -0.39 is 5.97 Å². The van der Waals surface area contributed by atoms with Crippen molar-refractivity contribution in [1.29, 1.82) is 0 Å². The Labute approximate surface area is 106 Å². The Morgan fingerprint density at radius 2 is 1.72 bits per heavy atom. The van der Waals surface area contributed by atoms with Crippen LogP contribution in [0.3, 0.4) is 0 Å². The van der Waals surface area contributed by atoms with E-state index in [1.165, 1.54) is 4.90 Å². The van der Waals surface area contributed by atoms with E-state index in [2.05, 4.69) is 0 Å². The van der Waals surface area contributed by atoms with Gasteiger partial charge in [-0.05, 0) is 25.7 Å². The Morgan fingerprint density at radius 3 is 2.17 bits per heavy atom. The van der Waals surface area contributed by atoms with Crippen molar-refractivity contribution in [3.8, 4) is 0 Å². The van der Waals surface area contributed by atoms with E-state index in [0.717, 1.165) is 25.7 Å². The highest BCUT2D eigenvalue weighted by Crippen LogP contribution is 2.32. The van der Waals surface area contributed by atoms with Crippen molar-refractivity contribution in [2.75, 3.05) is 26.8 Å². The SMILES string of the molecule is COCCN(C(=O)N(CC(=O)O)C1CC1)C1CC1. The summed E-state index contributed by atoms with van der Waals surface area (Å²) in [6, 6.07) is 0.263. The molecule has 2 aliphatic carbocycles. The highest BCUT2D eigenvalue weighted by Gasteiger charge is 2.40. The monoisotopic (exact) mass is 256 g/mol. The summed E-state index contributed by atoms with van der Waals surface area (Å²) in [7, 11) is 1.60. The molecule has 0 atom stereocenters. The minimum absolute atomic E-state index is 0.123. The number of urea groups is 1. The summed E-state index contributed by atoms with van der Waals surface area (Å²) in [5, 5.41) is 8.88. The van der Waals surface area contributed by atoms with Crippen molar-refractivity contribution in [3.63, 3.8) is 0 Å². The Bertz CT molecular complexity index is 326. The summed E-state index contributed by atoms with van der Waals surface area (Å²) < 4.78 is 5.01. The predicted molar refractivity (Wildman–Crippen MR) is 64.4 cm³/mol. The van der Waals surface area contributed by atoms with Gasteiger partial charge in [-0.15, -0.1) is 0 Å². The Hall–Kier alpha value is -1.30. The first-order valence-electron chi connectivity index (χ1n) is 6.41. The molecule has 2 amide bonds. The average Bonchev–Trinajstić information content (AvgIpc) is 3.15. The first-order chi connectivity index (χ1) is 8.63. The Kier molecular flexibility index (Phi) is 4.06. The van der Waals surface area contributed by atoms with Crippen LogP contribution in [0.15, 0.2) is 0 Å². The molecule has 0 aromatic rings. The Balaban J connectivity index is 1.97. The summed E-state index contributed by atoms with van der Waals surface area (Å²) in [4.78, 5) is 26.5. The molecule has 6 heteroatoms. The van der Waals surface area contributed by atoms with E-state index in [4.69, 9.17) is 9.84 Å². The van der Waals surface area contributed by atoms with Gasteiger partial charge in [-0.25, -0.2) is 4.79 Å². The second-order valence-corrected chi connectivity index (χ2v) is 4.95. The van der Waals surface area contributed by atoms with Gasteiger partial charge in [-0.2, -0.15) is 0 Å². The van der Waals surface area contributed by atoms with Crippen LogP contribution in [-0.2, 0) is 9.53 Å². The highest BCUT2D eigenvalue weighted by atomic mass is 16.5. The molecule has 2 fully saturated rings. The number of amides is 2. The fraction of sp³-hybridized carbons (Fsp3) is 0.833. The second kappa shape index (κ2) is 5.56. The molecule has 0 radical (unpaired) electrons. The lowest BCUT2D eigenvalue weighted by Crippen LogP contribution is -2.48. The third-order valence-electron chi connectivity index (χ3n) is 3.31. The van der Waals surface area contributed by atoms with Crippen molar-refractivity contribution >= 4 is 12.0 Å². The summed E-state index contributed by atoms with van der Waals surface area (Å²) in [6.07, 6.45) is 3.87. The molecule has 0 spiro atoms. The van der Waals surface area contributed by atoms with E-state index in [-0.39, 0.29) is 24.7 Å². The molecule has 0 unspecified atom stereocenters. The summed E-state index contributed by atoms with van der Waals surface area (Å²) in [5.74, 6) is -0.947. The van der Waals surface area contributed by atoms with Crippen LogP contribution in [0.25, 0.3) is 0 Å². The third kappa shape index (κ3) is 3.35. The number of carboxylic acid groups (broad SMARTS) is 1. The smallest absolute Gasteiger partial charge is 0.323 e. The van der Waals surface area contributed by atoms with E-state index in [0.29, 0.717) is 13.2 Å². The number of ether oxygens (including phenoxy) is 1. The fourth-order valence-corrected chi connectivity index (χ4v) is 2.06. The largest absolute Gasteiger partial charge is 0.480 e. The van der Waals surface area contributed by atoms with E-state index in [1.807, 2.05) is 0 Å². The maximum absolute atomic E-state index is 12.4. The van der Waals surface area contributed by atoms with Crippen LogP contribution in [0, 0.1) is 0 Å². The molecule has 6 nitrogen and oxygen atoms in total. The number of carboxylic acids is 1. The highest BCUT2D eigenvalue weighted by molar-refractivity contribution is 5.81. The van der Waals surface area contributed by atoms with Gasteiger partial charge in [0.25, 0.3) is 0 Å². The average molecular weight is 256 g/mol. The zero-order chi connectivity index (χ0) is 13.1. The maximum Gasteiger partial charge on any atom is 0.323 e. The number of nitrogens with zero attached hydrogens (tertiary/aromatic N) is 2. The zero-order valence-corrected chi connectivity index (χ0v) is 10.7. The van der Waals surface area contributed by atoms with E-state index in [9.17, 15) is 9.59 Å². The standard InChI is InChI=1S/C12H20N2O4/c1-18-7-6-13(9-2-3-9)12(17)14(8-11(15)16)10-4-5-10/h9-10H,2-8H2,1H3,(H,15,16). The third-order valence-corrected chi connectivity index (χ3v) is 3.31. The predicted octanol–water partition coefficient (Wildman–Crippen LogP) is 0.766. The van der Waals surface area contributed by atoms with Gasteiger partial charge in [-0.1, -0.05) is 0 Å². The van der Waals surface area contributed by atoms with E-state index in [1.54, 1.807) is 12.0 Å². The molecule has 0 aliphatic heterocycles. The molecule has 2 aliphatic rings. The molecule has 0 heterocycles. The molecule has 102 valence electrons. The van der Waals surface area contributed by atoms with Crippen molar-refractivity contribution in [2.24, 2.45) is 0 Å². The van der Waals surface area contributed by atoms with Crippen molar-refractivity contribution in [2.45, 2.75) is 37.8 Å². The Morgan fingerprint density at radius 1 is 1.17 bits per heavy atom. The summed E-state index contributed by atoms with van der Waals surface area (Å²) >= 11 is 0. The van der Waals surface area contributed by atoms with Gasteiger partial charge in [0, 0.05) is 25.7 Å². The fourth-order valence-electron chi connectivity index (χ4n) is 2.06. The van der Waals surface area contributed by atoms with Gasteiger partial charge in [0.1, 0.15) is 6.54 Å². The van der Waals surface area contributed by atoms with Crippen LogP contribution in [0.5, 0.6) is 0 Å². The van der Waals surface area contributed by atoms with Crippen LogP contribution in [0.2, 0.25) is 0 Å². The molecule has 0 saturated heterocycles. The number of hydrogen-bond donors (Lipinski definition) is 1. The van der Waals surface area contributed by atoms with Gasteiger partial charge in [0.15, 0.2) is 0 Å². The molecule has 0 aromatic heterocycles. The van der Waals surface area contributed by atoms with Crippen molar-refractivity contribution < 1.29 is 19.4 Å². The summed E-state index contributed by atoms with van der Waals surface area (Å²) in [6.45, 7) is 0.844. The van der Waals surface area contributed by atoms with Crippen LogP contribution >= 0.6 is 0 Å². The maximum atomic E-state index is 12.4. The molecule has 2 saturated carbocycles. The second-order valence-electron chi connectivity index (χ2n) is 4.95. The number of hydrogen-bond acceptors (Lipinski definition) is 3. The zero-order valence-electron chi connectivity index (χ0n) is 10.7. The van der Waals surface area contributed by atoms with Gasteiger partial charge >= 0.3 is 12.0 Å². The van der Waals surface area contributed by atoms with Gasteiger partial charge < -0.3 is 19.6 Å². The number of aliphatic carboxylic acids is 1. The molecular formula is C12H20N2O4. The molecule has 0 aromatic carbocycles. The topological polar surface area (TPSA) is 70.1 Å². The van der Waals surface area contributed by atoms with Crippen LogP contribution in [0.4, 0.5) is 4.79 Å². The summed E-state index contributed by atoms with van der Waals surface area (Å²) in [5.41, 5.74) is 0. The number of carbonyl (C=O) groups is 2. The first-order valence-corrected chi connectivity index (χ1v) is 6.41. The molecule has 2 rings (SSSR count). The lowest BCUT2D eigenvalue weighted by molar-refractivity contribution is -0.137. The van der Waals surface area contributed by atoms with Crippen molar-refractivity contribution in [1.82, 2.24) is 9.80 Å². The number of methoxy groups -OCH3 is 1. The number of carbonyl (C=O) groups excluding carboxylic acids is 1. The minimum Gasteiger partial charge on any atom is -0.480 e. The normalized spacial score (nSPS) is 18.5. The molecule has 1 N–H and O–H groups in total. The van der Waals surface area contributed by atoms with Crippen LogP contribution in [0.1, 0.15) is 25.7 Å². The van der Waals surface area contributed by atoms with Gasteiger partial charge in [-0.3, -0.25) is 4.79 Å². The van der Waals surface area contributed by atoms with Crippen LogP contribution < -0.4 is 0 Å². The quantitative estimate of drug-likeness (QED) is 0.730. The first kappa shape index (κ1) is 13.1. The molecule has 0 bridgehead atoms. The number of rotatable bonds is 7. The lowest BCUT2D eigenvalue weighted by Gasteiger charge is -2.29. The molecule has 18 heavy (non-hydrogen) atoms. The minimum atomic E-state index is -0.947. The van der Waals surface area contributed by atoms with E-state index >= 15 is 0 Å². The van der Waals surface area contributed by atoms with Gasteiger partial charge in [0.2, 0.25) is 0 Å². The molecular weight excluding hydrogens is 236 g/mol. The van der Waals surface area contributed by atoms with Crippen molar-refractivity contribution in [3.05, 3.63) is 0 Å². The van der Waals surface area contributed by atoms with Gasteiger partial charge in [0.05, 0.1) is 6.61 Å². The van der Waals surface area contributed by atoms with Crippen LogP contribution in [-0.4, -0.2) is 65.8 Å². The lowest BCUT2D eigenvalue weighted by atomic mass is 10.4.